The predicted molar refractivity (Wildman–Crippen MR) is 68.1 cm³/mol. The lowest BCUT2D eigenvalue weighted by molar-refractivity contribution is -0.122. The summed E-state index contributed by atoms with van der Waals surface area (Å²) >= 11 is 0. The minimum absolute atomic E-state index is 0.0596. The van der Waals surface area contributed by atoms with Crippen molar-refractivity contribution < 1.29 is 9.53 Å². The van der Waals surface area contributed by atoms with E-state index in [4.69, 9.17) is 10.00 Å². The van der Waals surface area contributed by atoms with E-state index in [0.29, 0.717) is 17.9 Å². The van der Waals surface area contributed by atoms with Gasteiger partial charge in [-0.3, -0.25) is 4.79 Å². The molecule has 0 spiro atoms. The predicted octanol–water partition coefficient (Wildman–Crippen LogP) is 0.791. The van der Waals surface area contributed by atoms with Gasteiger partial charge in [-0.05, 0) is 24.6 Å². The first-order valence-corrected chi connectivity index (χ1v) is 5.64. The Morgan fingerprint density at radius 3 is 2.83 bits per heavy atom. The third kappa shape index (κ3) is 3.47. The molecule has 0 fully saturated rings. The molecule has 1 aromatic rings. The molecule has 0 bridgehead atoms. The van der Waals surface area contributed by atoms with Crippen LogP contribution in [0.15, 0.2) is 18.2 Å². The average molecular weight is 247 g/mol. The zero-order chi connectivity index (χ0) is 13.5. The summed E-state index contributed by atoms with van der Waals surface area (Å²) in [5.74, 6) is 0.486. The first-order valence-electron chi connectivity index (χ1n) is 5.64. The van der Waals surface area contributed by atoms with Crippen LogP contribution in [0.25, 0.3) is 0 Å². The van der Waals surface area contributed by atoms with E-state index in [0.717, 1.165) is 5.56 Å². The quantitative estimate of drug-likeness (QED) is 0.806. The Balaban J connectivity index is 2.69. The fraction of sp³-hybridized carbons (Fsp3) is 0.385. The van der Waals surface area contributed by atoms with Crippen molar-refractivity contribution in [2.45, 2.75) is 19.5 Å². The molecule has 18 heavy (non-hydrogen) atoms. The number of rotatable bonds is 5. The fourth-order valence-corrected chi connectivity index (χ4v) is 1.52. The van der Waals surface area contributed by atoms with Gasteiger partial charge in [0.05, 0.1) is 18.7 Å². The summed E-state index contributed by atoms with van der Waals surface area (Å²) in [6.07, 6.45) is 0. The molecule has 1 aromatic carbocycles. The number of carbonyl (C=O) groups is 1. The molecule has 0 aliphatic carbocycles. The van der Waals surface area contributed by atoms with Gasteiger partial charge in [0.2, 0.25) is 5.91 Å². The molecule has 0 saturated heterocycles. The first kappa shape index (κ1) is 14.0. The molecule has 0 aliphatic heterocycles. The Bertz CT molecular complexity index is 466. The number of benzene rings is 1. The van der Waals surface area contributed by atoms with Crippen LogP contribution in [0.5, 0.6) is 5.75 Å². The lowest BCUT2D eigenvalue weighted by Gasteiger charge is -2.13. The number of nitrogens with one attached hydrogen (secondary N) is 2. The zero-order valence-corrected chi connectivity index (χ0v) is 10.8. The Morgan fingerprint density at radius 1 is 1.56 bits per heavy atom. The van der Waals surface area contributed by atoms with Gasteiger partial charge in [0, 0.05) is 13.6 Å². The van der Waals surface area contributed by atoms with Gasteiger partial charge in [0.25, 0.3) is 0 Å². The van der Waals surface area contributed by atoms with Crippen molar-refractivity contribution in [1.82, 2.24) is 10.6 Å². The second-order valence-electron chi connectivity index (χ2n) is 3.86. The van der Waals surface area contributed by atoms with Crippen LogP contribution in [0.4, 0.5) is 0 Å². The molecule has 1 amide bonds. The molecule has 0 heterocycles. The van der Waals surface area contributed by atoms with E-state index < -0.39 is 0 Å². The average Bonchev–Trinajstić information content (AvgIpc) is 2.43. The van der Waals surface area contributed by atoms with Gasteiger partial charge in [-0.25, -0.2) is 0 Å². The number of carbonyl (C=O) groups excluding carboxylic acids is 1. The molecule has 0 radical (unpaired) electrons. The maximum Gasteiger partial charge on any atom is 0.236 e. The van der Waals surface area contributed by atoms with Crippen molar-refractivity contribution in [3.8, 4) is 11.8 Å². The Labute approximate surface area is 107 Å². The molecule has 2 N–H and O–H groups in total. The SMILES string of the molecule is CNC(=O)C(C)NCc1ccc(C#N)c(OC)c1. The van der Waals surface area contributed by atoms with Gasteiger partial charge in [-0.1, -0.05) is 6.07 Å². The summed E-state index contributed by atoms with van der Waals surface area (Å²) in [4.78, 5) is 11.3. The highest BCUT2D eigenvalue weighted by molar-refractivity contribution is 5.80. The Hall–Kier alpha value is -2.06. The maximum absolute atomic E-state index is 11.3. The smallest absolute Gasteiger partial charge is 0.236 e. The van der Waals surface area contributed by atoms with Crippen LogP contribution in [-0.2, 0) is 11.3 Å². The highest BCUT2D eigenvalue weighted by atomic mass is 16.5. The molecule has 1 unspecified atom stereocenters. The van der Waals surface area contributed by atoms with Gasteiger partial charge in [0.15, 0.2) is 0 Å². The first-order chi connectivity index (χ1) is 8.62. The molecule has 5 heteroatoms. The largest absolute Gasteiger partial charge is 0.495 e. The third-order valence-corrected chi connectivity index (χ3v) is 2.64. The Morgan fingerprint density at radius 2 is 2.28 bits per heavy atom. The summed E-state index contributed by atoms with van der Waals surface area (Å²) in [6.45, 7) is 2.33. The van der Waals surface area contributed by atoms with Gasteiger partial charge in [-0.15, -0.1) is 0 Å². The molecule has 5 nitrogen and oxygen atoms in total. The fourth-order valence-electron chi connectivity index (χ4n) is 1.52. The van der Waals surface area contributed by atoms with Crippen LogP contribution in [-0.4, -0.2) is 26.1 Å². The lowest BCUT2D eigenvalue weighted by Crippen LogP contribution is -2.40. The second-order valence-corrected chi connectivity index (χ2v) is 3.86. The molecular formula is C13H17N3O2. The number of nitriles is 1. The number of nitrogens with zero attached hydrogens (tertiary/aromatic N) is 1. The van der Waals surface area contributed by atoms with Crippen LogP contribution in [0.1, 0.15) is 18.1 Å². The summed E-state index contributed by atoms with van der Waals surface area (Å²) in [5.41, 5.74) is 1.46. The Kier molecular flexibility index (Phi) is 5.15. The minimum atomic E-state index is -0.267. The van der Waals surface area contributed by atoms with Crippen molar-refractivity contribution >= 4 is 5.91 Å². The van der Waals surface area contributed by atoms with E-state index in [2.05, 4.69) is 16.7 Å². The van der Waals surface area contributed by atoms with E-state index in [-0.39, 0.29) is 11.9 Å². The van der Waals surface area contributed by atoms with Crippen molar-refractivity contribution in [3.63, 3.8) is 0 Å². The molecule has 1 rings (SSSR count). The van der Waals surface area contributed by atoms with Crippen molar-refractivity contribution in [1.29, 1.82) is 5.26 Å². The summed E-state index contributed by atoms with van der Waals surface area (Å²) < 4.78 is 5.12. The van der Waals surface area contributed by atoms with E-state index in [1.807, 2.05) is 6.07 Å². The van der Waals surface area contributed by atoms with Crippen molar-refractivity contribution in [2.24, 2.45) is 0 Å². The monoisotopic (exact) mass is 247 g/mol. The van der Waals surface area contributed by atoms with Crippen molar-refractivity contribution in [3.05, 3.63) is 29.3 Å². The van der Waals surface area contributed by atoms with Crippen LogP contribution in [0.2, 0.25) is 0 Å². The molecule has 96 valence electrons. The summed E-state index contributed by atoms with van der Waals surface area (Å²) in [5, 5.41) is 14.5. The van der Waals surface area contributed by atoms with Crippen LogP contribution in [0, 0.1) is 11.3 Å². The maximum atomic E-state index is 11.3. The van der Waals surface area contributed by atoms with Gasteiger partial charge < -0.3 is 15.4 Å². The highest BCUT2D eigenvalue weighted by Crippen LogP contribution is 2.19. The van der Waals surface area contributed by atoms with Crippen LogP contribution in [0.3, 0.4) is 0 Å². The summed E-state index contributed by atoms with van der Waals surface area (Å²) in [7, 11) is 3.13. The van der Waals surface area contributed by atoms with Gasteiger partial charge in [-0.2, -0.15) is 5.26 Å². The van der Waals surface area contributed by atoms with Gasteiger partial charge in [0.1, 0.15) is 11.8 Å². The third-order valence-electron chi connectivity index (χ3n) is 2.64. The number of methoxy groups -OCH3 is 1. The van der Waals surface area contributed by atoms with E-state index in [1.54, 1.807) is 26.1 Å². The lowest BCUT2D eigenvalue weighted by atomic mass is 10.1. The van der Waals surface area contributed by atoms with Crippen molar-refractivity contribution in [2.75, 3.05) is 14.2 Å². The van der Waals surface area contributed by atoms with E-state index in [1.165, 1.54) is 7.11 Å². The molecule has 0 aliphatic rings. The number of likely N-dealkylation sites (N-methyl/N-ethyl adjacent to an activating group) is 1. The van der Waals surface area contributed by atoms with Gasteiger partial charge >= 0.3 is 0 Å². The van der Waals surface area contributed by atoms with Crippen LogP contribution < -0.4 is 15.4 Å². The van der Waals surface area contributed by atoms with E-state index >= 15 is 0 Å². The summed E-state index contributed by atoms with van der Waals surface area (Å²) in [6, 6.07) is 7.13. The number of ether oxygens (including phenoxy) is 1. The highest BCUT2D eigenvalue weighted by Gasteiger charge is 2.10. The number of amides is 1. The second kappa shape index (κ2) is 6.62. The molecular weight excluding hydrogens is 230 g/mol. The minimum Gasteiger partial charge on any atom is -0.495 e. The van der Waals surface area contributed by atoms with E-state index in [9.17, 15) is 4.79 Å². The number of hydrogen-bond donors (Lipinski definition) is 2. The molecule has 0 saturated carbocycles. The zero-order valence-electron chi connectivity index (χ0n) is 10.8. The molecule has 1 atom stereocenters. The molecule has 0 aromatic heterocycles. The standard InChI is InChI=1S/C13H17N3O2/c1-9(13(17)15-2)16-8-10-4-5-11(7-14)12(6-10)18-3/h4-6,9,16H,8H2,1-3H3,(H,15,17). The number of hydrogen-bond acceptors (Lipinski definition) is 4. The normalized spacial score (nSPS) is 11.4. The van der Waals surface area contributed by atoms with Crippen LogP contribution >= 0.6 is 0 Å². The topological polar surface area (TPSA) is 74.2 Å².